The molecule has 2 aromatic carbocycles. The lowest BCUT2D eigenvalue weighted by atomic mass is 9.71. The number of nitrogens with zero attached hydrogens (tertiary/aromatic N) is 1. The minimum Gasteiger partial charge on any atom is -0.407 e. The maximum absolute atomic E-state index is 11.3. The summed E-state index contributed by atoms with van der Waals surface area (Å²) >= 11 is 0. The second kappa shape index (κ2) is 6.75. The number of hydrogen-bond acceptors (Lipinski definition) is 4. The van der Waals surface area contributed by atoms with E-state index in [1.165, 1.54) is 11.6 Å². The van der Waals surface area contributed by atoms with Crippen LogP contribution in [0.15, 0.2) is 36.4 Å². The van der Waals surface area contributed by atoms with Gasteiger partial charge < -0.3 is 9.31 Å². The molecule has 24 heavy (non-hydrogen) atoms. The van der Waals surface area contributed by atoms with E-state index in [2.05, 4.69) is 19.1 Å². The van der Waals surface area contributed by atoms with E-state index in [1.807, 2.05) is 13.8 Å². The van der Waals surface area contributed by atoms with Crippen LogP contribution in [0.2, 0.25) is 0 Å². The molecular formula is C18H20BNO4. The predicted octanol–water partition coefficient (Wildman–Crippen LogP) is 3.39. The molecule has 2 aromatic rings. The molecular weight excluding hydrogens is 305 g/mol. The molecule has 3 rings (SSSR count). The van der Waals surface area contributed by atoms with Crippen LogP contribution in [-0.4, -0.2) is 18.6 Å². The van der Waals surface area contributed by atoms with E-state index in [1.54, 1.807) is 18.2 Å². The molecule has 124 valence electrons. The van der Waals surface area contributed by atoms with Gasteiger partial charge in [0.2, 0.25) is 0 Å². The van der Waals surface area contributed by atoms with Crippen molar-refractivity contribution in [2.75, 3.05) is 6.61 Å². The third kappa shape index (κ3) is 3.20. The Hall–Kier alpha value is -2.18. The lowest BCUT2D eigenvalue weighted by molar-refractivity contribution is -0.386. The summed E-state index contributed by atoms with van der Waals surface area (Å²) < 4.78 is 11.9. The van der Waals surface area contributed by atoms with Gasteiger partial charge in [-0.25, -0.2) is 0 Å². The third-order valence-electron chi connectivity index (χ3n) is 4.39. The number of nitro benzene ring substituents is 1. The monoisotopic (exact) mass is 325 g/mol. The van der Waals surface area contributed by atoms with Crippen molar-refractivity contribution < 1.29 is 14.2 Å². The van der Waals surface area contributed by atoms with Crippen LogP contribution in [-0.2, 0) is 9.31 Å². The lowest BCUT2D eigenvalue weighted by Gasteiger charge is -2.30. The van der Waals surface area contributed by atoms with Crippen molar-refractivity contribution in [2.24, 2.45) is 0 Å². The SMILES string of the molecule is Cc1cc(C)c(B2OCC[C@@H](c3ccccc3[N+](=O)[O-])O2)c(C)c1. The van der Waals surface area contributed by atoms with Gasteiger partial charge in [-0.15, -0.1) is 0 Å². The van der Waals surface area contributed by atoms with E-state index in [-0.39, 0.29) is 16.7 Å². The van der Waals surface area contributed by atoms with Crippen LogP contribution >= 0.6 is 0 Å². The predicted molar refractivity (Wildman–Crippen MR) is 93.5 cm³/mol. The van der Waals surface area contributed by atoms with E-state index in [0.717, 1.165) is 16.6 Å². The molecule has 5 nitrogen and oxygen atoms in total. The fourth-order valence-corrected chi connectivity index (χ4v) is 3.41. The Morgan fingerprint density at radius 3 is 2.50 bits per heavy atom. The molecule has 0 amide bonds. The molecule has 0 saturated carbocycles. The van der Waals surface area contributed by atoms with Crippen LogP contribution in [0.5, 0.6) is 0 Å². The molecule has 1 atom stereocenters. The number of rotatable bonds is 3. The first kappa shape index (κ1) is 16.7. The average Bonchev–Trinajstić information content (AvgIpc) is 2.54. The van der Waals surface area contributed by atoms with Crippen molar-refractivity contribution in [1.29, 1.82) is 0 Å². The van der Waals surface area contributed by atoms with Crippen LogP contribution < -0.4 is 5.46 Å². The Labute approximate surface area is 141 Å². The minimum absolute atomic E-state index is 0.0977. The molecule has 0 bridgehead atoms. The smallest absolute Gasteiger partial charge is 0.407 e. The molecule has 1 aliphatic rings. The van der Waals surface area contributed by atoms with Gasteiger partial charge in [0.05, 0.1) is 16.6 Å². The van der Waals surface area contributed by atoms with Crippen LogP contribution in [0.1, 0.15) is 34.8 Å². The maximum atomic E-state index is 11.3. The number of hydrogen-bond donors (Lipinski definition) is 0. The Morgan fingerprint density at radius 2 is 1.83 bits per heavy atom. The Morgan fingerprint density at radius 1 is 1.17 bits per heavy atom. The lowest BCUT2D eigenvalue weighted by Crippen LogP contribution is -2.44. The van der Waals surface area contributed by atoms with Crippen LogP contribution in [0, 0.1) is 30.9 Å². The summed E-state index contributed by atoms with van der Waals surface area (Å²) in [7, 11) is -0.496. The summed E-state index contributed by atoms with van der Waals surface area (Å²) in [5.41, 5.74) is 5.14. The van der Waals surface area contributed by atoms with Crippen molar-refractivity contribution >= 4 is 18.3 Å². The van der Waals surface area contributed by atoms with Crippen molar-refractivity contribution in [3.63, 3.8) is 0 Å². The number of nitro groups is 1. The van der Waals surface area contributed by atoms with E-state index in [4.69, 9.17) is 9.31 Å². The highest BCUT2D eigenvalue weighted by Gasteiger charge is 2.35. The first-order valence-electron chi connectivity index (χ1n) is 8.05. The topological polar surface area (TPSA) is 61.6 Å². The molecule has 1 saturated heterocycles. The van der Waals surface area contributed by atoms with Gasteiger partial charge in [-0.05, 0) is 38.7 Å². The molecule has 0 radical (unpaired) electrons. The summed E-state index contributed by atoms with van der Waals surface area (Å²) in [5, 5.41) is 11.3. The Balaban J connectivity index is 1.92. The fourth-order valence-electron chi connectivity index (χ4n) is 3.41. The number of aryl methyl sites for hydroxylation is 3. The first-order chi connectivity index (χ1) is 11.5. The largest absolute Gasteiger partial charge is 0.494 e. The zero-order valence-corrected chi connectivity index (χ0v) is 14.1. The van der Waals surface area contributed by atoms with Crippen LogP contribution in [0.25, 0.3) is 0 Å². The van der Waals surface area contributed by atoms with E-state index < -0.39 is 7.12 Å². The third-order valence-corrected chi connectivity index (χ3v) is 4.39. The van der Waals surface area contributed by atoms with Gasteiger partial charge >= 0.3 is 7.12 Å². The van der Waals surface area contributed by atoms with Crippen LogP contribution in [0.3, 0.4) is 0 Å². The van der Waals surface area contributed by atoms with Gasteiger partial charge in [-0.2, -0.15) is 0 Å². The Bertz CT molecular complexity index is 754. The van der Waals surface area contributed by atoms with E-state index in [9.17, 15) is 10.1 Å². The van der Waals surface area contributed by atoms with Crippen molar-refractivity contribution in [1.82, 2.24) is 0 Å². The first-order valence-corrected chi connectivity index (χ1v) is 8.05. The standard InChI is InChI=1S/C18H20BNO4/c1-12-10-13(2)18(14(3)11-12)19-23-9-8-17(24-19)15-6-4-5-7-16(15)20(21)22/h4-7,10-11,17H,8-9H2,1-3H3/t17-/m0/s1. The molecule has 1 fully saturated rings. The van der Waals surface area contributed by atoms with Gasteiger partial charge in [0.1, 0.15) is 0 Å². The van der Waals surface area contributed by atoms with Gasteiger partial charge in [0, 0.05) is 12.7 Å². The molecule has 0 spiro atoms. The zero-order chi connectivity index (χ0) is 17.3. The summed E-state index contributed by atoms with van der Waals surface area (Å²) in [4.78, 5) is 10.9. The summed E-state index contributed by atoms with van der Waals surface area (Å²) in [6.45, 7) is 6.64. The highest BCUT2D eigenvalue weighted by atomic mass is 16.6. The highest BCUT2D eigenvalue weighted by Crippen LogP contribution is 2.32. The average molecular weight is 325 g/mol. The number of benzene rings is 2. The van der Waals surface area contributed by atoms with Gasteiger partial charge in [-0.1, -0.05) is 41.0 Å². The molecule has 1 heterocycles. The second-order valence-corrected chi connectivity index (χ2v) is 6.24. The second-order valence-electron chi connectivity index (χ2n) is 6.24. The van der Waals surface area contributed by atoms with E-state index >= 15 is 0 Å². The molecule has 0 unspecified atom stereocenters. The fraction of sp³-hybridized carbons (Fsp3) is 0.333. The summed E-state index contributed by atoms with van der Waals surface area (Å²) in [5.74, 6) is 0. The quantitative estimate of drug-likeness (QED) is 0.493. The highest BCUT2D eigenvalue weighted by molar-refractivity contribution is 6.62. The van der Waals surface area contributed by atoms with Crippen molar-refractivity contribution in [2.45, 2.75) is 33.3 Å². The molecule has 6 heteroatoms. The van der Waals surface area contributed by atoms with Crippen molar-refractivity contribution in [3.8, 4) is 0 Å². The number of para-hydroxylation sites is 1. The van der Waals surface area contributed by atoms with Crippen LogP contribution in [0.4, 0.5) is 5.69 Å². The summed E-state index contributed by atoms with van der Waals surface area (Å²) in [6, 6.07) is 11.0. The summed E-state index contributed by atoms with van der Waals surface area (Å²) in [6.07, 6.45) is 0.260. The molecule has 0 N–H and O–H groups in total. The minimum atomic E-state index is -0.496. The van der Waals surface area contributed by atoms with E-state index in [0.29, 0.717) is 18.6 Å². The Kier molecular flexibility index (Phi) is 4.69. The van der Waals surface area contributed by atoms with Gasteiger partial charge in [0.15, 0.2) is 0 Å². The molecule has 1 aliphatic heterocycles. The zero-order valence-electron chi connectivity index (χ0n) is 14.1. The van der Waals surface area contributed by atoms with Gasteiger partial charge in [-0.3, -0.25) is 10.1 Å². The van der Waals surface area contributed by atoms with Crippen molar-refractivity contribution in [3.05, 3.63) is 68.8 Å². The molecule has 0 aromatic heterocycles. The maximum Gasteiger partial charge on any atom is 0.494 e. The normalized spacial score (nSPS) is 17.8. The van der Waals surface area contributed by atoms with Gasteiger partial charge in [0.25, 0.3) is 5.69 Å². The molecule has 0 aliphatic carbocycles.